The number of rotatable bonds is 8. The molecule has 1 amide bonds. The molecular weight excluding hydrogens is 374 g/mol. The zero-order chi connectivity index (χ0) is 19.8. The van der Waals surface area contributed by atoms with Crippen molar-refractivity contribution in [3.63, 3.8) is 0 Å². The summed E-state index contributed by atoms with van der Waals surface area (Å²) in [7, 11) is 3.02. The van der Waals surface area contributed by atoms with Crippen LogP contribution in [-0.4, -0.2) is 39.3 Å². The van der Waals surface area contributed by atoms with E-state index in [9.17, 15) is 9.59 Å². The number of halogens is 1. The molecule has 0 radical (unpaired) electrons. The van der Waals surface area contributed by atoms with Gasteiger partial charge in [0.25, 0.3) is 5.91 Å². The average Bonchev–Trinajstić information content (AvgIpc) is 2.67. The Labute approximate surface area is 162 Å². The first kappa shape index (κ1) is 20.4. The van der Waals surface area contributed by atoms with E-state index in [1.165, 1.54) is 7.11 Å². The number of carbonyl (C=O) groups excluding carboxylic acids is 2. The van der Waals surface area contributed by atoms with E-state index in [2.05, 4.69) is 5.32 Å². The van der Waals surface area contributed by atoms with E-state index in [0.29, 0.717) is 28.0 Å². The maximum absolute atomic E-state index is 12.0. The van der Waals surface area contributed by atoms with E-state index < -0.39 is 18.5 Å². The highest BCUT2D eigenvalue weighted by Gasteiger charge is 2.13. The maximum atomic E-state index is 12.0. The molecule has 0 fully saturated rings. The lowest BCUT2D eigenvalue weighted by molar-refractivity contribution is -0.149. The van der Waals surface area contributed by atoms with E-state index >= 15 is 0 Å². The number of carbonyl (C=O) groups is 2. The van der Waals surface area contributed by atoms with Gasteiger partial charge in [-0.15, -0.1) is 0 Å². The molecule has 8 heteroatoms. The summed E-state index contributed by atoms with van der Waals surface area (Å²) >= 11 is 6.02. The number of hydrogen-bond donors (Lipinski definition) is 1. The first-order chi connectivity index (χ1) is 12.9. The Morgan fingerprint density at radius 1 is 1.00 bits per heavy atom. The molecule has 0 bridgehead atoms. The molecule has 0 unspecified atom stereocenters. The van der Waals surface area contributed by atoms with Gasteiger partial charge in [-0.3, -0.25) is 4.79 Å². The van der Waals surface area contributed by atoms with Gasteiger partial charge in [-0.2, -0.15) is 0 Å². The minimum Gasteiger partial charge on any atom is -0.497 e. The fourth-order valence-electron chi connectivity index (χ4n) is 2.12. The van der Waals surface area contributed by atoms with Crippen molar-refractivity contribution in [3.05, 3.63) is 47.0 Å². The van der Waals surface area contributed by atoms with Crippen molar-refractivity contribution in [2.24, 2.45) is 0 Å². The van der Waals surface area contributed by atoms with Crippen LogP contribution in [0.1, 0.15) is 5.56 Å². The van der Waals surface area contributed by atoms with E-state index in [-0.39, 0.29) is 6.61 Å². The monoisotopic (exact) mass is 393 g/mol. The lowest BCUT2D eigenvalue weighted by Gasteiger charge is -2.12. The third-order valence-electron chi connectivity index (χ3n) is 3.54. The van der Waals surface area contributed by atoms with Crippen LogP contribution in [0.2, 0.25) is 5.02 Å². The molecule has 0 aliphatic rings. The van der Waals surface area contributed by atoms with Crippen LogP contribution in [0.5, 0.6) is 17.2 Å². The molecular formula is C19H20ClNO6. The molecule has 2 rings (SSSR count). The summed E-state index contributed by atoms with van der Waals surface area (Å²) < 4.78 is 20.4. The SMILES string of the molecule is COc1ccc(OCC(=O)OCC(=O)Nc2cc(C)c(Cl)cc2OC)cc1. The topological polar surface area (TPSA) is 83.1 Å². The van der Waals surface area contributed by atoms with Gasteiger partial charge in [0.05, 0.1) is 19.9 Å². The maximum Gasteiger partial charge on any atom is 0.344 e. The molecule has 2 aromatic rings. The number of benzene rings is 2. The Hall–Kier alpha value is -2.93. The van der Waals surface area contributed by atoms with E-state index in [1.54, 1.807) is 50.4 Å². The van der Waals surface area contributed by atoms with Gasteiger partial charge in [0.2, 0.25) is 0 Å². The highest BCUT2D eigenvalue weighted by atomic mass is 35.5. The summed E-state index contributed by atoms with van der Waals surface area (Å²) in [6, 6.07) is 10.0. The van der Waals surface area contributed by atoms with Crippen molar-refractivity contribution in [2.45, 2.75) is 6.92 Å². The number of nitrogens with one attached hydrogen (secondary N) is 1. The van der Waals surface area contributed by atoms with Gasteiger partial charge in [-0.05, 0) is 42.8 Å². The van der Waals surface area contributed by atoms with Crippen molar-refractivity contribution in [3.8, 4) is 17.2 Å². The minimum atomic E-state index is -0.666. The number of esters is 1. The summed E-state index contributed by atoms with van der Waals surface area (Å²) in [5, 5.41) is 3.14. The smallest absolute Gasteiger partial charge is 0.344 e. The zero-order valence-electron chi connectivity index (χ0n) is 15.2. The summed E-state index contributed by atoms with van der Waals surface area (Å²) in [5.41, 5.74) is 1.22. The molecule has 2 aromatic carbocycles. The van der Waals surface area contributed by atoms with Crippen LogP contribution in [0.15, 0.2) is 36.4 Å². The third-order valence-corrected chi connectivity index (χ3v) is 3.94. The summed E-state index contributed by atoms with van der Waals surface area (Å²) in [6.07, 6.45) is 0. The highest BCUT2D eigenvalue weighted by Crippen LogP contribution is 2.30. The first-order valence-corrected chi connectivity index (χ1v) is 8.37. The third kappa shape index (κ3) is 6.07. The van der Waals surface area contributed by atoms with Crippen LogP contribution < -0.4 is 19.5 Å². The van der Waals surface area contributed by atoms with Crippen molar-refractivity contribution >= 4 is 29.2 Å². The molecule has 1 N–H and O–H groups in total. The van der Waals surface area contributed by atoms with Crippen LogP contribution in [0.3, 0.4) is 0 Å². The van der Waals surface area contributed by atoms with E-state index in [1.807, 2.05) is 0 Å². The standard InChI is InChI=1S/C19H20ClNO6/c1-12-8-16(17(25-3)9-15(12)20)21-18(22)10-27-19(23)11-26-14-6-4-13(24-2)5-7-14/h4-9H,10-11H2,1-3H3,(H,21,22). The van der Waals surface area contributed by atoms with Crippen LogP contribution >= 0.6 is 11.6 Å². The van der Waals surface area contributed by atoms with Gasteiger partial charge in [-0.25, -0.2) is 4.79 Å². The van der Waals surface area contributed by atoms with Crippen molar-refractivity contribution < 1.29 is 28.5 Å². The second kappa shape index (κ2) is 9.68. The Kier molecular flexibility index (Phi) is 7.31. The summed E-state index contributed by atoms with van der Waals surface area (Å²) in [4.78, 5) is 23.7. The predicted molar refractivity (Wildman–Crippen MR) is 101 cm³/mol. The molecule has 144 valence electrons. The molecule has 0 saturated carbocycles. The molecule has 27 heavy (non-hydrogen) atoms. The van der Waals surface area contributed by atoms with Gasteiger partial charge in [0.15, 0.2) is 13.2 Å². The van der Waals surface area contributed by atoms with Gasteiger partial charge in [0.1, 0.15) is 17.2 Å². The minimum absolute atomic E-state index is 0.316. The molecule has 7 nitrogen and oxygen atoms in total. The number of amides is 1. The van der Waals surface area contributed by atoms with Crippen LogP contribution in [0.4, 0.5) is 5.69 Å². The quantitative estimate of drug-likeness (QED) is 0.693. The number of hydrogen-bond acceptors (Lipinski definition) is 6. The molecule has 0 saturated heterocycles. The molecule has 0 aliphatic carbocycles. The van der Waals surface area contributed by atoms with Crippen LogP contribution in [-0.2, 0) is 14.3 Å². The lowest BCUT2D eigenvalue weighted by atomic mass is 10.2. The molecule has 0 spiro atoms. The molecule has 0 aliphatic heterocycles. The fraction of sp³-hybridized carbons (Fsp3) is 0.263. The van der Waals surface area contributed by atoms with Gasteiger partial charge < -0.3 is 24.3 Å². The van der Waals surface area contributed by atoms with Crippen LogP contribution in [0.25, 0.3) is 0 Å². The number of ether oxygens (including phenoxy) is 4. The Morgan fingerprint density at radius 2 is 1.67 bits per heavy atom. The Bertz CT molecular complexity index is 807. The first-order valence-electron chi connectivity index (χ1n) is 7.99. The van der Waals surface area contributed by atoms with Gasteiger partial charge >= 0.3 is 5.97 Å². The lowest BCUT2D eigenvalue weighted by Crippen LogP contribution is -2.24. The van der Waals surface area contributed by atoms with E-state index in [0.717, 1.165) is 5.56 Å². The van der Waals surface area contributed by atoms with Crippen molar-refractivity contribution in [1.82, 2.24) is 0 Å². The predicted octanol–water partition coefficient (Wildman–Crippen LogP) is 3.23. The van der Waals surface area contributed by atoms with Crippen molar-refractivity contribution in [1.29, 1.82) is 0 Å². The molecule has 0 atom stereocenters. The summed E-state index contributed by atoms with van der Waals surface area (Å²) in [6.45, 7) is 1.03. The largest absolute Gasteiger partial charge is 0.497 e. The van der Waals surface area contributed by atoms with Crippen LogP contribution in [0, 0.1) is 6.92 Å². The fourth-order valence-corrected chi connectivity index (χ4v) is 2.27. The number of anilines is 1. The highest BCUT2D eigenvalue weighted by molar-refractivity contribution is 6.31. The Balaban J connectivity index is 1.81. The number of methoxy groups -OCH3 is 2. The van der Waals surface area contributed by atoms with Crippen molar-refractivity contribution in [2.75, 3.05) is 32.8 Å². The molecule has 0 aromatic heterocycles. The van der Waals surface area contributed by atoms with Gasteiger partial charge in [0, 0.05) is 11.1 Å². The zero-order valence-corrected chi connectivity index (χ0v) is 16.0. The van der Waals surface area contributed by atoms with Gasteiger partial charge in [-0.1, -0.05) is 11.6 Å². The second-order valence-electron chi connectivity index (χ2n) is 5.47. The second-order valence-corrected chi connectivity index (χ2v) is 5.88. The normalized spacial score (nSPS) is 10.1. The molecule has 0 heterocycles. The number of aryl methyl sites for hydroxylation is 1. The van der Waals surface area contributed by atoms with E-state index in [4.69, 9.17) is 30.5 Å². The summed E-state index contributed by atoms with van der Waals surface area (Å²) in [5.74, 6) is 0.397. The Morgan fingerprint density at radius 3 is 2.30 bits per heavy atom. The average molecular weight is 394 g/mol.